The van der Waals surface area contributed by atoms with E-state index in [-0.39, 0.29) is 6.61 Å². The van der Waals surface area contributed by atoms with Crippen LogP contribution in [0, 0.1) is 0 Å². The van der Waals surface area contributed by atoms with E-state index in [0.717, 1.165) is 5.56 Å². The van der Waals surface area contributed by atoms with Crippen LogP contribution in [-0.4, -0.2) is 16.8 Å². The number of rotatable bonds is 3. The molecule has 0 amide bonds. The van der Waals surface area contributed by atoms with Gasteiger partial charge in [-0.1, -0.05) is 42.5 Å². The second-order valence-electron chi connectivity index (χ2n) is 2.47. The van der Waals surface area contributed by atoms with Gasteiger partial charge in [0.05, 0.1) is 12.7 Å². The van der Waals surface area contributed by atoms with Crippen molar-refractivity contribution in [2.75, 3.05) is 6.61 Å². The summed E-state index contributed by atoms with van der Waals surface area (Å²) in [7, 11) is 0. The van der Waals surface area contributed by atoms with E-state index >= 15 is 0 Å². The van der Waals surface area contributed by atoms with Crippen molar-refractivity contribution in [1.82, 2.24) is 0 Å². The highest BCUT2D eigenvalue weighted by Crippen LogP contribution is 2.12. The number of benzene rings is 1. The minimum absolute atomic E-state index is 0.0378. The molecule has 64 valence electrons. The van der Waals surface area contributed by atoms with Gasteiger partial charge in [0.2, 0.25) is 0 Å². The molecule has 0 heterocycles. The molecule has 0 aromatic heterocycles. The molecule has 1 atom stereocenters. The molecular formula is C10H12O2. The molecule has 2 nitrogen and oxygen atoms in total. The van der Waals surface area contributed by atoms with Gasteiger partial charge < -0.3 is 10.2 Å². The van der Waals surface area contributed by atoms with Gasteiger partial charge in [-0.05, 0) is 5.56 Å². The van der Waals surface area contributed by atoms with Crippen LogP contribution in [0.3, 0.4) is 0 Å². The van der Waals surface area contributed by atoms with Crippen molar-refractivity contribution in [1.29, 1.82) is 0 Å². The maximum Gasteiger partial charge on any atom is 0.0972 e. The van der Waals surface area contributed by atoms with Crippen LogP contribution in [0.5, 0.6) is 0 Å². The lowest BCUT2D eigenvalue weighted by Crippen LogP contribution is -1.92. The van der Waals surface area contributed by atoms with E-state index in [4.69, 9.17) is 5.11 Å². The second-order valence-corrected chi connectivity index (χ2v) is 2.47. The first-order chi connectivity index (χ1) is 5.84. The van der Waals surface area contributed by atoms with Gasteiger partial charge in [-0.25, -0.2) is 0 Å². The summed E-state index contributed by atoms with van der Waals surface area (Å²) < 4.78 is 0. The standard InChI is InChI=1S/C10H12O2/c11-8-4-7-10(12)9-5-2-1-3-6-9/h1-7,10-12H,8H2/b7-4-/t10-/m1/s1. The fraction of sp³-hybridized carbons (Fsp3) is 0.200. The van der Waals surface area contributed by atoms with Crippen LogP contribution in [0.25, 0.3) is 0 Å². The summed E-state index contributed by atoms with van der Waals surface area (Å²) in [5.41, 5.74) is 0.835. The van der Waals surface area contributed by atoms with Crippen molar-refractivity contribution in [3.05, 3.63) is 48.0 Å². The van der Waals surface area contributed by atoms with Crippen LogP contribution in [0.15, 0.2) is 42.5 Å². The summed E-state index contributed by atoms with van der Waals surface area (Å²) in [6.07, 6.45) is 2.48. The maximum absolute atomic E-state index is 9.45. The Balaban J connectivity index is 2.65. The molecule has 0 saturated carbocycles. The molecule has 0 aliphatic heterocycles. The van der Waals surface area contributed by atoms with E-state index in [2.05, 4.69) is 0 Å². The molecule has 12 heavy (non-hydrogen) atoms. The largest absolute Gasteiger partial charge is 0.392 e. The van der Waals surface area contributed by atoms with Crippen LogP contribution in [-0.2, 0) is 0 Å². The van der Waals surface area contributed by atoms with Gasteiger partial charge in [0.15, 0.2) is 0 Å². The molecule has 0 fully saturated rings. The molecule has 0 aliphatic rings. The summed E-state index contributed by atoms with van der Waals surface area (Å²) in [5, 5.41) is 17.9. The Morgan fingerprint density at radius 3 is 2.50 bits per heavy atom. The Kier molecular flexibility index (Phi) is 3.51. The minimum Gasteiger partial charge on any atom is -0.392 e. The molecule has 1 rings (SSSR count). The molecular weight excluding hydrogens is 152 g/mol. The normalized spacial score (nSPS) is 13.5. The number of hydrogen-bond donors (Lipinski definition) is 2. The predicted octanol–water partition coefficient (Wildman–Crippen LogP) is 1.27. The molecule has 0 spiro atoms. The van der Waals surface area contributed by atoms with Gasteiger partial charge in [-0.15, -0.1) is 0 Å². The molecule has 0 saturated heterocycles. The minimum atomic E-state index is -0.613. The number of hydrogen-bond acceptors (Lipinski definition) is 2. The average Bonchev–Trinajstić information content (AvgIpc) is 2.15. The molecule has 2 N–H and O–H groups in total. The van der Waals surface area contributed by atoms with Crippen molar-refractivity contribution in [3.8, 4) is 0 Å². The summed E-state index contributed by atoms with van der Waals surface area (Å²) in [6, 6.07) is 9.31. The fourth-order valence-electron chi connectivity index (χ4n) is 0.951. The van der Waals surface area contributed by atoms with Crippen molar-refractivity contribution in [2.45, 2.75) is 6.10 Å². The quantitative estimate of drug-likeness (QED) is 0.660. The van der Waals surface area contributed by atoms with Crippen LogP contribution in [0.4, 0.5) is 0 Å². The summed E-state index contributed by atoms with van der Waals surface area (Å²) in [6.45, 7) is -0.0378. The highest BCUT2D eigenvalue weighted by atomic mass is 16.3. The lowest BCUT2D eigenvalue weighted by molar-refractivity contribution is 0.227. The van der Waals surface area contributed by atoms with Gasteiger partial charge in [0.25, 0.3) is 0 Å². The Morgan fingerprint density at radius 2 is 1.92 bits per heavy atom. The highest BCUT2D eigenvalue weighted by Gasteiger charge is 1.99. The van der Waals surface area contributed by atoms with Gasteiger partial charge >= 0.3 is 0 Å². The lowest BCUT2D eigenvalue weighted by Gasteiger charge is -2.03. The topological polar surface area (TPSA) is 40.5 Å². The van der Waals surface area contributed by atoms with Crippen LogP contribution >= 0.6 is 0 Å². The van der Waals surface area contributed by atoms with Gasteiger partial charge in [-0.3, -0.25) is 0 Å². The van der Waals surface area contributed by atoms with Crippen LogP contribution in [0.1, 0.15) is 11.7 Å². The molecule has 1 aromatic carbocycles. The summed E-state index contributed by atoms with van der Waals surface area (Å²) >= 11 is 0. The summed E-state index contributed by atoms with van der Waals surface area (Å²) in [5.74, 6) is 0. The highest BCUT2D eigenvalue weighted by molar-refractivity contribution is 5.20. The van der Waals surface area contributed by atoms with Crippen molar-refractivity contribution in [2.24, 2.45) is 0 Å². The maximum atomic E-state index is 9.45. The number of aliphatic hydroxyl groups is 2. The molecule has 1 aromatic rings. The zero-order valence-electron chi connectivity index (χ0n) is 6.72. The Bertz CT molecular complexity index is 241. The van der Waals surface area contributed by atoms with Crippen molar-refractivity contribution < 1.29 is 10.2 Å². The van der Waals surface area contributed by atoms with Gasteiger partial charge in [0, 0.05) is 0 Å². The smallest absolute Gasteiger partial charge is 0.0972 e. The fourth-order valence-corrected chi connectivity index (χ4v) is 0.951. The van der Waals surface area contributed by atoms with Crippen molar-refractivity contribution in [3.63, 3.8) is 0 Å². The Hall–Kier alpha value is -1.12. The average molecular weight is 164 g/mol. The zero-order valence-corrected chi connectivity index (χ0v) is 6.72. The van der Waals surface area contributed by atoms with Crippen molar-refractivity contribution >= 4 is 0 Å². The van der Waals surface area contributed by atoms with Crippen LogP contribution in [0.2, 0.25) is 0 Å². The first kappa shape index (κ1) is 8.97. The Labute approximate surface area is 71.8 Å². The second kappa shape index (κ2) is 4.70. The molecule has 2 heteroatoms. The third-order valence-electron chi connectivity index (χ3n) is 1.56. The first-order valence-corrected chi connectivity index (χ1v) is 3.85. The molecule has 0 bridgehead atoms. The predicted molar refractivity (Wildman–Crippen MR) is 47.6 cm³/mol. The zero-order chi connectivity index (χ0) is 8.81. The van der Waals surface area contributed by atoms with E-state index in [0.29, 0.717) is 0 Å². The van der Waals surface area contributed by atoms with E-state index in [1.165, 1.54) is 6.08 Å². The molecule has 0 radical (unpaired) electrons. The van der Waals surface area contributed by atoms with Gasteiger partial charge in [0.1, 0.15) is 0 Å². The van der Waals surface area contributed by atoms with E-state index in [1.54, 1.807) is 6.08 Å². The van der Waals surface area contributed by atoms with E-state index in [1.807, 2.05) is 30.3 Å². The number of aliphatic hydroxyl groups excluding tert-OH is 2. The van der Waals surface area contributed by atoms with Gasteiger partial charge in [-0.2, -0.15) is 0 Å². The monoisotopic (exact) mass is 164 g/mol. The van der Waals surface area contributed by atoms with E-state index < -0.39 is 6.10 Å². The molecule has 0 unspecified atom stereocenters. The SMILES string of the molecule is OC/C=C\[C@@H](O)c1ccccc1. The van der Waals surface area contributed by atoms with Crippen LogP contribution < -0.4 is 0 Å². The summed E-state index contributed by atoms with van der Waals surface area (Å²) in [4.78, 5) is 0. The Morgan fingerprint density at radius 1 is 1.25 bits per heavy atom. The third kappa shape index (κ3) is 2.49. The lowest BCUT2D eigenvalue weighted by atomic mass is 10.1. The molecule has 0 aliphatic carbocycles. The third-order valence-corrected chi connectivity index (χ3v) is 1.56. The van der Waals surface area contributed by atoms with E-state index in [9.17, 15) is 5.11 Å². The first-order valence-electron chi connectivity index (χ1n) is 3.85.